The zero-order valence-corrected chi connectivity index (χ0v) is 16.3. The first kappa shape index (κ1) is 18.1. The summed E-state index contributed by atoms with van der Waals surface area (Å²) in [5.74, 6) is -3.10. The van der Waals surface area contributed by atoms with Crippen molar-refractivity contribution in [1.82, 2.24) is 4.90 Å². The van der Waals surface area contributed by atoms with Crippen molar-refractivity contribution in [1.29, 1.82) is 0 Å². The number of halogens is 1. The third kappa shape index (κ3) is 2.07. The maximum Gasteiger partial charge on any atom is 0.284 e. The number of rotatable bonds is 3. The number of likely N-dealkylation sites (tertiary alicyclic amines) is 1. The van der Waals surface area contributed by atoms with Crippen molar-refractivity contribution in [2.75, 3.05) is 6.54 Å². The third-order valence-corrected chi connectivity index (χ3v) is 6.66. The number of hydrogen-bond acceptors (Lipinski definition) is 4. The number of allylic oxidation sites excluding steroid dienone is 1. The van der Waals surface area contributed by atoms with E-state index < -0.39 is 23.3 Å². The first-order valence-electron chi connectivity index (χ1n) is 9.41. The van der Waals surface area contributed by atoms with Crippen LogP contribution >= 0.6 is 11.6 Å². The van der Waals surface area contributed by atoms with Gasteiger partial charge in [0.05, 0.1) is 5.92 Å². The molecule has 0 radical (unpaired) electrons. The first-order chi connectivity index (χ1) is 13.9. The minimum Gasteiger partial charge on any atom is -0.278 e. The molecule has 4 aliphatic rings. The summed E-state index contributed by atoms with van der Waals surface area (Å²) < 4.78 is 0. The number of nitro groups is 1. The maximum absolute atomic E-state index is 13.4. The maximum atomic E-state index is 13.4. The van der Waals surface area contributed by atoms with Crippen LogP contribution in [0.1, 0.15) is 35.1 Å². The van der Waals surface area contributed by atoms with Crippen LogP contribution in [0.2, 0.25) is 0 Å². The Morgan fingerprint density at radius 1 is 1.10 bits per heavy atom. The molecule has 2 aromatic carbocycles. The molecule has 0 spiro atoms. The summed E-state index contributed by atoms with van der Waals surface area (Å²) in [4.78, 5) is 40.2. The standard InChI is InChI=1S/C22H17ClN2O4/c1-12(23)10-11-24-20(26)18-17-13-6-2-4-8-15(13)22(25(28)29,19(18)21(24)27)16-9-5-3-7-14(16)17/h2-10,17-19H,11H2,1H3/b12-10-/t17?,18-,19-,22?/m1/s1. The fourth-order valence-corrected chi connectivity index (χ4v) is 5.57. The predicted molar refractivity (Wildman–Crippen MR) is 106 cm³/mol. The Morgan fingerprint density at radius 2 is 1.66 bits per heavy atom. The lowest BCUT2D eigenvalue weighted by Gasteiger charge is -2.48. The van der Waals surface area contributed by atoms with Gasteiger partial charge in [0, 0.05) is 33.5 Å². The Balaban J connectivity index is 1.82. The molecule has 1 saturated heterocycles. The summed E-state index contributed by atoms with van der Waals surface area (Å²) in [5, 5.41) is 13.2. The molecule has 1 heterocycles. The van der Waals surface area contributed by atoms with Gasteiger partial charge in [0.25, 0.3) is 5.54 Å². The fourth-order valence-electron chi connectivity index (χ4n) is 5.50. The van der Waals surface area contributed by atoms with E-state index in [-0.39, 0.29) is 23.3 Å². The second kappa shape index (κ2) is 6.00. The van der Waals surface area contributed by atoms with Gasteiger partial charge < -0.3 is 0 Å². The largest absolute Gasteiger partial charge is 0.284 e. The highest BCUT2D eigenvalue weighted by atomic mass is 35.5. The van der Waals surface area contributed by atoms with E-state index in [2.05, 4.69) is 0 Å². The molecule has 0 unspecified atom stereocenters. The third-order valence-electron chi connectivity index (χ3n) is 6.51. The lowest BCUT2D eigenvalue weighted by atomic mass is 9.51. The van der Waals surface area contributed by atoms with Gasteiger partial charge in [-0.1, -0.05) is 66.2 Å². The zero-order chi connectivity index (χ0) is 20.5. The molecule has 29 heavy (non-hydrogen) atoms. The van der Waals surface area contributed by atoms with E-state index in [1.807, 2.05) is 24.3 Å². The van der Waals surface area contributed by atoms with Crippen molar-refractivity contribution in [2.45, 2.75) is 18.4 Å². The first-order valence-corrected chi connectivity index (χ1v) is 9.79. The highest BCUT2D eigenvalue weighted by Gasteiger charge is 2.74. The number of benzene rings is 2. The van der Waals surface area contributed by atoms with E-state index in [9.17, 15) is 19.7 Å². The molecule has 0 aromatic heterocycles. The molecule has 3 aliphatic carbocycles. The van der Waals surface area contributed by atoms with E-state index in [0.717, 1.165) is 16.0 Å². The summed E-state index contributed by atoms with van der Waals surface area (Å²) in [6.45, 7) is 1.68. The van der Waals surface area contributed by atoms with Crippen LogP contribution in [0.25, 0.3) is 0 Å². The second-order valence-corrected chi connectivity index (χ2v) is 8.35. The van der Waals surface area contributed by atoms with Gasteiger partial charge in [0.15, 0.2) is 0 Å². The number of amides is 2. The molecular weight excluding hydrogens is 392 g/mol. The Hall–Kier alpha value is -2.99. The molecule has 6 nitrogen and oxygen atoms in total. The molecule has 2 bridgehead atoms. The molecule has 0 N–H and O–H groups in total. The average molecular weight is 409 g/mol. The summed E-state index contributed by atoms with van der Waals surface area (Å²) in [6, 6.07) is 14.3. The SMILES string of the molecule is C/C(Cl)=C/CN1C(=O)[C@@H]2C3c4ccccc4C([N+](=O)[O-])(c4ccccc43)[C@H]2C1=O. The minimum absolute atomic E-state index is 0.0210. The van der Waals surface area contributed by atoms with E-state index >= 15 is 0 Å². The Bertz CT molecular complexity index is 1070. The van der Waals surface area contributed by atoms with E-state index in [1.165, 1.54) is 0 Å². The summed E-state index contributed by atoms with van der Waals surface area (Å²) >= 11 is 5.90. The molecule has 0 saturated carbocycles. The van der Waals surface area contributed by atoms with Gasteiger partial charge in [-0.2, -0.15) is 0 Å². The van der Waals surface area contributed by atoms with Gasteiger partial charge in [-0.3, -0.25) is 24.6 Å². The smallest absolute Gasteiger partial charge is 0.278 e. The van der Waals surface area contributed by atoms with Gasteiger partial charge in [0.2, 0.25) is 11.8 Å². The van der Waals surface area contributed by atoms with Gasteiger partial charge in [-0.15, -0.1) is 0 Å². The Morgan fingerprint density at radius 3 is 2.17 bits per heavy atom. The number of hydrogen-bond donors (Lipinski definition) is 0. The van der Waals surface area contributed by atoms with Crippen molar-refractivity contribution in [3.63, 3.8) is 0 Å². The van der Waals surface area contributed by atoms with Crippen LogP contribution in [0.15, 0.2) is 59.6 Å². The molecule has 2 aromatic rings. The van der Waals surface area contributed by atoms with Crippen LogP contribution in [0.5, 0.6) is 0 Å². The normalized spacial score (nSPS) is 29.5. The van der Waals surface area contributed by atoms with E-state index in [1.54, 1.807) is 37.3 Å². The van der Waals surface area contributed by atoms with Gasteiger partial charge in [-0.25, -0.2) is 0 Å². The highest BCUT2D eigenvalue weighted by molar-refractivity contribution is 6.29. The molecule has 2 atom stereocenters. The van der Waals surface area contributed by atoms with Crippen LogP contribution < -0.4 is 0 Å². The molecule has 6 rings (SSSR count). The van der Waals surface area contributed by atoms with Crippen LogP contribution in [0.4, 0.5) is 0 Å². The van der Waals surface area contributed by atoms with E-state index in [0.29, 0.717) is 16.2 Å². The summed E-state index contributed by atoms with van der Waals surface area (Å²) in [5.41, 5.74) is 0.782. The molecule has 2 amide bonds. The topological polar surface area (TPSA) is 80.5 Å². The van der Waals surface area contributed by atoms with Crippen LogP contribution in [-0.2, 0) is 15.1 Å². The van der Waals surface area contributed by atoms with Gasteiger partial charge >= 0.3 is 0 Å². The number of carbonyl (C=O) groups is 2. The molecular formula is C22H17ClN2O4. The number of carbonyl (C=O) groups excluding carboxylic acids is 2. The Labute approximate surface area is 171 Å². The van der Waals surface area contributed by atoms with Gasteiger partial charge in [-0.05, 0) is 18.1 Å². The van der Waals surface area contributed by atoms with Crippen molar-refractivity contribution >= 4 is 23.4 Å². The molecule has 1 aliphatic heterocycles. The van der Waals surface area contributed by atoms with Gasteiger partial charge in [0.1, 0.15) is 5.92 Å². The molecule has 1 fully saturated rings. The fraction of sp³-hybridized carbons (Fsp3) is 0.273. The van der Waals surface area contributed by atoms with E-state index in [4.69, 9.17) is 11.6 Å². The van der Waals surface area contributed by atoms with Crippen LogP contribution in [-0.4, -0.2) is 28.2 Å². The minimum atomic E-state index is -1.77. The van der Waals surface area contributed by atoms with Crippen LogP contribution in [0.3, 0.4) is 0 Å². The average Bonchev–Trinajstić information content (AvgIpc) is 2.97. The summed E-state index contributed by atoms with van der Waals surface area (Å²) in [7, 11) is 0. The second-order valence-electron chi connectivity index (χ2n) is 7.76. The number of nitrogens with zero attached hydrogens (tertiary/aromatic N) is 2. The summed E-state index contributed by atoms with van der Waals surface area (Å²) in [6.07, 6.45) is 1.58. The van der Waals surface area contributed by atoms with Crippen molar-refractivity contribution in [2.24, 2.45) is 11.8 Å². The van der Waals surface area contributed by atoms with Crippen LogP contribution in [0, 0.1) is 22.0 Å². The van der Waals surface area contributed by atoms with Crippen molar-refractivity contribution < 1.29 is 14.5 Å². The highest BCUT2D eigenvalue weighted by Crippen LogP contribution is 2.64. The molecule has 146 valence electrons. The number of imide groups is 1. The van der Waals surface area contributed by atoms with Crippen molar-refractivity contribution in [3.8, 4) is 0 Å². The quantitative estimate of drug-likeness (QED) is 0.443. The Kier molecular flexibility index (Phi) is 3.74. The zero-order valence-electron chi connectivity index (χ0n) is 15.5. The molecule has 7 heteroatoms. The van der Waals surface area contributed by atoms with Crippen molar-refractivity contribution in [3.05, 3.63) is 92.0 Å². The predicted octanol–water partition coefficient (Wildman–Crippen LogP) is 3.41. The monoisotopic (exact) mass is 408 g/mol. The lowest BCUT2D eigenvalue weighted by Crippen LogP contribution is -2.57. The lowest BCUT2D eigenvalue weighted by molar-refractivity contribution is -0.578.